The van der Waals surface area contributed by atoms with Crippen molar-refractivity contribution in [3.63, 3.8) is 0 Å². The van der Waals surface area contributed by atoms with Crippen LogP contribution in [0.1, 0.15) is 0 Å². The second-order valence-electron chi connectivity index (χ2n) is 4.72. The fourth-order valence-corrected chi connectivity index (χ4v) is 2.21. The summed E-state index contributed by atoms with van der Waals surface area (Å²) in [6.45, 7) is -0.293. The van der Waals surface area contributed by atoms with Crippen molar-refractivity contribution in [3.05, 3.63) is 64.0 Å². The summed E-state index contributed by atoms with van der Waals surface area (Å²) in [5.41, 5.74) is -0.101. The van der Waals surface area contributed by atoms with Gasteiger partial charge in [0.2, 0.25) is 5.91 Å². The Morgan fingerprint density at radius 1 is 1.30 bits per heavy atom. The average Bonchev–Trinajstić information content (AvgIpc) is 2.53. The highest BCUT2D eigenvalue weighted by Gasteiger charge is 2.11. The number of fused-ring (bicyclic) bond motifs is 1. The van der Waals surface area contributed by atoms with E-state index in [0.717, 1.165) is 10.6 Å². The standard InChI is InChI=1S/C15H10ClFN4O2/c16-9-3-4-12(11(17)6-9)20-13(22)7-21-8-19-14-10(15(21)23)2-1-5-18-14/h1-6,8H,7H2,(H,20,22). The number of benzene rings is 1. The summed E-state index contributed by atoms with van der Waals surface area (Å²) in [5, 5.41) is 2.92. The average molecular weight is 333 g/mol. The molecule has 0 spiro atoms. The molecular formula is C15H10ClFN4O2. The highest BCUT2D eigenvalue weighted by atomic mass is 35.5. The van der Waals surface area contributed by atoms with E-state index >= 15 is 0 Å². The normalized spacial score (nSPS) is 10.7. The molecule has 0 saturated heterocycles. The van der Waals surface area contributed by atoms with Gasteiger partial charge in [-0.2, -0.15) is 0 Å². The number of rotatable bonds is 3. The Morgan fingerprint density at radius 2 is 2.13 bits per heavy atom. The lowest BCUT2D eigenvalue weighted by molar-refractivity contribution is -0.116. The summed E-state index contributed by atoms with van der Waals surface area (Å²) in [6.07, 6.45) is 2.75. The summed E-state index contributed by atoms with van der Waals surface area (Å²) >= 11 is 5.65. The number of nitrogens with zero attached hydrogens (tertiary/aromatic N) is 3. The zero-order chi connectivity index (χ0) is 16.4. The lowest BCUT2D eigenvalue weighted by Crippen LogP contribution is -2.28. The molecule has 0 aliphatic heterocycles. The molecule has 1 aromatic carbocycles. The van der Waals surface area contributed by atoms with Crippen molar-refractivity contribution in [2.75, 3.05) is 5.32 Å². The smallest absolute Gasteiger partial charge is 0.263 e. The van der Waals surface area contributed by atoms with E-state index < -0.39 is 17.3 Å². The van der Waals surface area contributed by atoms with Crippen LogP contribution >= 0.6 is 11.6 Å². The molecule has 116 valence electrons. The van der Waals surface area contributed by atoms with Gasteiger partial charge in [-0.1, -0.05) is 11.6 Å². The van der Waals surface area contributed by atoms with Crippen LogP contribution in [0.25, 0.3) is 11.0 Å². The van der Waals surface area contributed by atoms with Gasteiger partial charge in [-0.15, -0.1) is 0 Å². The number of halogens is 2. The van der Waals surface area contributed by atoms with E-state index in [1.54, 1.807) is 12.1 Å². The van der Waals surface area contributed by atoms with Crippen LogP contribution < -0.4 is 10.9 Å². The number of amides is 1. The Morgan fingerprint density at radius 3 is 2.91 bits per heavy atom. The zero-order valence-corrected chi connectivity index (χ0v) is 12.4. The third kappa shape index (κ3) is 3.19. The van der Waals surface area contributed by atoms with Crippen LogP contribution in [0.2, 0.25) is 5.02 Å². The molecule has 0 aliphatic carbocycles. The Hall–Kier alpha value is -2.80. The number of hydrogen-bond donors (Lipinski definition) is 1. The molecule has 3 rings (SSSR count). The lowest BCUT2D eigenvalue weighted by atomic mass is 10.3. The maximum absolute atomic E-state index is 13.6. The molecular weight excluding hydrogens is 323 g/mol. The third-order valence-electron chi connectivity index (χ3n) is 3.12. The topological polar surface area (TPSA) is 76.9 Å². The molecule has 0 unspecified atom stereocenters. The first-order valence-electron chi connectivity index (χ1n) is 6.59. The lowest BCUT2D eigenvalue weighted by Gasteiger charge is -2.08. The summed E-state index contributed by atoms with van der Waals surface area (Å²) in [5.74, 6) is -1.21. The molecule has 0 saturated carbocycles. The van der Waals surface area contributed by atoms with Gasteiger partial charge in [-0.3, -0.25) is 14.2 Å². The van der Waals surface area contributed by atoms with E-state index in [2.05, 4.69) is 15.3 Å². The molecule has 3 aromatic rings. The molecule has 1 amide bonds. The van der Waals surface area contributed by atoms with Gasteiger partial charge in [0.05, 0.1) is 11.1 Å². The first-order valence-corrected chi connectivity index (χ1v) is 6.97. The first-order chi connectivity index (χ1) is 11.0. The van der Waals surface area contributed by atoms with Crippen LogP contribution in [0.15, 0.2) is 47.7 Å². The Bertz CT molecular complexity index is 958. The highest BCUT2D eigenvalue weighted by Crippen LogP contribution is 2.18. The minimum atomic E-state index is -0.654. The second kappa shape index (κ2) is 6.13. The van der Waals surface area contributed by atoms with Crippen molar-refractivity contribution in [1.29, 1.82) is 0 Å². The molecule has 6 nitrogen and oxygen atoms in total. The summed E-state index contributed by atoms with van der Waals surface area (Å²) in [7, 11) is 0. The van der Waals surface area contributed by atoms with E-state index in [-0.39, 0.29) is 17.3 Å². The molecule has 2 aromatic heterocycles. The molecule has 8 heteroatoms. The summed E-state index contributed by atoms with van der Waals surface area (Å²) in [4.78, 5) is 32.2. The van der Waals surface area contributed by atoms with Gasteiger partial charge < -0.3 is 5.32 Å². The quantitative estimate of drug-likeness (QED) is 0.798. The van der Waals surface area contributed by atoms with Gasteiger partial charge in [-0.25, -0.2) is 14.4 Å². The highest BCUT2D eigenvalue weighted by molar-refractivity contribution is 6.30. The van der Waals surface area contributed by atoms with Gasteiger partial charge in [0, 0.05) is 11.2 Å². The largest absolute Gasteiger partial charge is 0.322 e. The zero-order valence-electron chi connectivity index (χ0n) is 11.7. The Labute approximate surface area is 134 Å². The predicted molar refractivity (Wildman–Crippen MR) is 83.8 cm³/mol. The fourth-order valence-electron chi connectivity index (χ4n) is 2.05. The van der Waals surface area contributed by atoms with Crippen molar-refractivity contribution in [3.8, 4) is 0 Å². The number of carbonyl (C=O) groups excluding carboxylic acids is 1. The monoisotopic (exact) mass is 332 g/mol. The maximum Gasteiger partial charge on any atom is 0.263 e. The molecule has 0 aliphatic rings. The van der Waals surface area contributed by atoms with Gasteiger partial charge in [-0.05, 0) is 30.3 Å². The molecule has 23 heavy (non-hydrogen) atoms. The number of pyridine rings is 1. The first kappa shape index (κ1) is 15.1. The van der Waals surface area contributed by atoms with Gasteiger partial charge >= 0.3 is 0 Å². The van der Waals surface area contributed by atoms with Crippen LogP contribution in [0, 0.1) is 5.82 Å². The number of hydrogen-bond acceptors (Lipinski definition) is 4. The van der Waals surface area contributed by atoms with Crippen molar-refractivity contribution < 1.29 is 9.18 Å². The van der Waals surface area contributed by atoms with Crippen molar-refractivity contribution in [2.24, 2.45) is 0 Å². The third-order valence-corrected chi connectivity index (χ3v) is 3.35. The molecule has 0 radical (unpaired) electrons. The molecule has 0 bridgehead atoms. The van der Waals surface area contributed by atoms with Crippen LogP contribution in [0.5, 0.6) is 0 Å². The minimum absolute atomic E-state index is 0.0112. The van der Waals surface area contributed by atoms with Crippen molar-refractivity contribution >= 4 is 34.2 Å². The van der Waals surface area contributed by atoms with E-state index in [9.17, 15) is 14.0 Å². The van der Waals surface area contributed by atoms with Crippen LogP contribution in [0.4, 0.5) is 10.1 Å². The van der Waals surface area contributed by atoms with Crippen molar-refractivity contribution in [1.82, 2.24) is 14.5 Å². The molecule has 2 heterocycles. The molecule has 0 fully saturated rings. The SMILES string of the molecule is O=C(Cn1cnc2ncccc2c1=O)Nc1ccc(Cl)cc1F. The fraction of sp³-hybridized carbons (Fsp3) is 0.0667. The maximum atomic E-state index is 13.6. The van der Waals surface area contributed by atoms with Crippen LogP contribution in [-0.4, -0.2) is 20.4 Å². The summed E-state index contributed by atoms with van der Waals surface area (Å²) in [6, 6.07) is 7.08. The molecule has 1 N–H and O–H groups in total. The van der Waals surface area contributed by atoms with Crippen molar-refractivity contribution in [2.45, 2.75) is 6.54 Å². The number of carbonyl (C=O) groups is 1. The van der Waals surface area contributed by atoms with E-state index in [0.29, 0.717) is 11.0 Å². The van der Waals surface area contributed by atoms with E-state index in [1.807, 2.05) is 0 Å². The number of anilines is 1. The second-order valence-corrected chi connectivity index (χ2v) is 5.16. The minimum Gasteiger partial charge on any atom is -0.322 e. The molecule has 0 atom stereocenters. The van der Waals surface area contributed by atoms with Crippen LogP contribution in [-0.2, 0) is 11.3 Å². The number of nitrogens with one attached hydrogen (secondary N) is 1. The van der Waals surface area contributed by atoms with E-state index in [4.69, 9.17) is 11.6 Å². The van der Waals surface area contributed by atoms with Crippen LogP contribution in [0.3, 0.4) is 0 Å². The van der Waals surface area contributed by atoms with Gasteiger partial charge in [0.15, 0.2) is 5.65 Å². The summed E-state index contributed by atoms with van der Waals surface area (Å²) < 4.78 is 14.8. The van der Waals surface area contributed by atoms with Gasteiger partial charge in [0.25, 0.3) is 5.56 Å². The Kier molecular flexibility index (Phi) is 4.03. The van der Waals surface area contributed by atoms with E-state index in [1.165, 1.54) is 24.7 Å². The Balaban J connectivity index is 1.83. The van der Waals surface area contributed by atoms with Gasteiger partial charge in [0.1, 0.15) is 18.7 Å². The number of aromatic nitrogens is 3. The predicted octanol–water partition coefficient (Wildman–Crippen LogP) is 2.22.